The Labute approximate surface area is 184 Å². The van der Waals surface area contributed by atoms with Gasteiger partial charge in [-0.25, -0.2) is 4.98 Å². The van der Waals surface area contributed by atoms with Crippen molar-refractivity contribution in [2.45, 2.75) is 76.9 Å². The highest BCUT2D eigenvalue weighted by Gasteiger charge is 2.29. The van der Waals surface area contributed by atoms with Gasteiger partial charge in [0, 0.05) is 37.3 Å². The molecule has 2 aromatic rings. The molecule has 0 radical (unpaired) electrons. The lowest BCUT2D eigenvalue weighted by Gasteiger charge is -2.27. The van der Waals surface area contributed by atoms with Gasteiger partial charge >= 0.3 is 0 Å². The largest absolute Gasteiger partial charge is 0.393 e. The molecule has 2 heterocycles. The van der Waals surface area contributed by atoms with Gasteiger partial charge in [0.2, 0.25) is 5.95 Å². The lowest BCUT2D eigenvalue weighted by Crippen LogP contribution is -2.29. The highest BCUT2D eigenvalue weighted by atomic mass is 16.3. The smallest absolute Gasteiger partial charge is 0.224 e. The normalized spacial score (nSPS) is 21.0. The number of nitrogens with one attached hydrogen (secondary N) is 2. The van der Waals surface area contributed by atoms with Crippen LogP contribution >= 0.6 is 0 Å². The van der Waals surface area contributed by atoms with E-state index >= 15 is 0 Å². The summed E-state index contributed by atoms with van der Waals surface area (Å²) in [6.45, 7) is 3.00. The molecule has 31 heavy (non-hydrogen) atoms. The van der Waals surface area contributed by atoms with E-state index in [2.05, 4.69) is 27.5 Å². The van der Waals surface area contributed by atoms with Crippen LogP contribution in [0.25, 0.3) is 11.3 Å². The average Bonchev–Trinajstić information content (AvgIpc) is 3.62. The van der Waals surface area contributed by atoms with E-state index in [4.69, 9.17) is 4.98 Å². The minimum absolute atomic E-state index is 0.193. The first kappa shape index (κ1) is 21.7. The SMILES string of the molecule is CCCCNc1ncc(-c2ccc(CC(=O)C3CC3)cn2)c(NC2CCC(O)CC2)n1. The van der Waals surface area contributed by atoms with Crippen molar-refractivity contribution < 1.29 is 9.90 Å². The van der Waals surface area contributed by atoms with E-state index in [1.54, 1.807) is 6.20 Å². The van der Waals surface area contributed by atoms with E-state index in [1.807, 2.05) is 18.3 Å². The van der Waals surface area contributed by atoms with Gasteiger partial charge in [-0.05, 0) is 56.6 Å². The Morgan fingerprint density at radius 3 is 2.58 bits per heavy atom. The summed E-state index contributed by atoms with van der Waals surface area (Å²) in [5.41, 5.74) is 2.60. The molecule has 2 aliphatic rings. The number of Topliss-reactive ketones (excluding diaryl/α,β-unsaturated/α-hetero) is 1. The molecular formula is C24H33N5O2. The molecule has 7 heteroatoms. The molecule has 2 fully saturated rings. The average molecular weight is 424 g/mol. The summed E-state index contributed by atoms with van der Waals surface area (Å²) >= 11 is 0. The van der Waals surface area contributed by atoms with E-state index < -0.39 is 0 Å². The molecule has 166 valence electrons. The number of ketones is 1. The number of nitrogens with zero attached hydrogens (tertiary/aromatic N) is 3. The maximum Gasteiger partial charge on any atom is 0.224 e. The summed E-state index contributed by atoms with van der Waals surface area (Å²) < 4.78 is 0. The minimum Gasteiger partial charge on any atom is -0.393 e. The Hall–Kier alpha value is -2.54. The Morgan fingerprint density at radius 2 is 1.90 bits per heavy atom. The van der Waals surface area contributed by atoms with Crippen LogP contribution in [0.1, 0.15) is 63.9 Å². The molecule has 0 aliphatic heterocycles. The molecule has 0 spiro atoms. The fourth-order valence-electron chi connectivity index (χ4n) is 3.99. The molecule has 0 saturated heterocycles. The first-order chi connectivity index (χ1) is 15.1. The second kappa shape index (κ2) is 10.2. The zero-order chi connectivity index (χ0) is 21.6. The number of carbonyl (C=O) groups excluding carboxylic acids is 1. The van der Waals surface area contributed by atoms with Crippen LogP contribution in [0, 0.1) is 5.92 Å². The van der Waals surface area contributed by atoms with Crippen LogP contribution in [0.2, 0.25) is 0 Å². The maximum atomic E-state index is 12.1. The minimum atomic E-state index is -0.193. The highest BCUT2D eigenvalue weighted by molar-refractivity contribution is 5.85. The van der Waals surface area contributed by atoms with Crippen LogP contribution in [0.4, 0.5) is 11.8 Å². The van der Waals surface area contributed by atoms with Crippen molar-refractivity contribution in [2.24, 2.45) is 5.92 Å². The van der Waals surface area contributed by atoms with Gasteiger partial charge in [-0.3, -0.25) is 9.78 Å². The third kappa shape index (κ3) is 6.00. The Bertz CT molecular complexity index is 874. The third-order valence-corrected chi connectivity index (χ3v) is 6.15. The number of hydrogen-bond donors (Lipinski definition) is 3. The number of aliphatic hydroxyl groups is 1. The third-order valence-electron chi connectivity index (χ3n) is 6.15. The predicted octanol–water partition coefficient (Wildman–Crippen LogP) is 3.99. The maximum absolute atomic E-state index is 12.1. The van der Waals surface area contributed by atoms with Gasteiger partial charge in [0.1, 0.15) is 11.6 Å². The van der Waals surface area contributed by atoms with Crippen molar-refractivity contribution in [1.29, 1.82) is 0 Å². The fourth-order valence-corrected chi connectivity index (χ4v) is 3.99. The van der Waals surface area contributed by atoms with Crippen molar-refractivity contribution >= 4 is 17.5 Å². The molecule has 7 nitrogen and oxygen atoms in total. The lowest BCUT2D eigenvalue weighted by molar-refractivity contribution is -0.119. The number of hydrogen-bond acceptors (Lipinski definition) is 7. The van der Waals surface area contributed by atoms with Gasteiger partial charge in [0.25, 0.3) is 0 Å². The van der Waals surface area contributed by atoms with Crippen LogP contribution in [-0.4, -0.2) is 44.5 Å². The van der Waals surface area contributed by atoms with Crippen LogP contribution in [0.3, 0.4) is 0 Å². The van der Waals surface area contributed by atoms with Crippen molar-refractivity contribution in [3.8, 4) is 11.3 Å². The first-order valence-electron chi connectivity index (χ1n) is 11.7. The van der Waals surface area contributed by atoms with Crippen molar-refractivity contribution in [3.63, 3.8) is 0 Å². The van der Waals surface area contributed by atoms with E-state index in [-0.39, 0.29) is 18.1 Å². The van der Waals surface area contributed by atoms with Crippen LogP contribution in [-0.2, 0) is 11.2 Å². The van der Waals surface area contributed by atoms with Gasteiger partial charge in [0.05, 0.1) is 17.4 Å². The zero-order valence-electron chi connectivity index (χ0n) is 18.3. The van der Waals surface area contributed by atoms with E-state index in [9.17, 15) is 9.90 Å². The summed E-state index contributed by atoms with van der Waals surface area (Å²) in [6.07, 6.45) is 11.6. The molecule has 2 aromatic heterocycles. The summed E-state index contributed by atoms with van der Waals surface area (Å²) in [6, 6.07) is 4.21. The monoisotopic (exact) mass is 423 g/mol. The molecule has 0 bridgehead atoms. The number of carbonyl (C=O) groups is 1. The molecule has 2 aliphatic carbocycles. The van der Waals surface area contributed by atoms with Gasteiger partial charge < -0.3 is 15.7 Å². The second-order valence-corrected chi connectivity index (χ2v) is 8.86. The molecule has 0 aromatic carbocycles. The summed E-state index contributed by atoms with van der Waals surface area (Å²) in [7, 11) is 0. The fraction of sp³-hybridized carbons (Fsp3) is 0.583. The summed E-state index contributed by atoms with van der Waals surface area (Å²) in [4.78, 5) is 26.0. The van der Waals surface area contributed by atoms with E-state index in [0.717, 1.165) is 80.6 Å². The van der Waals surface area contributed by atoms with Crippen LogP contribution in [0.5, 0.6) is 0 Å². The van der Waals surface area contributed by atoms with Gasteiger partial charge in [0.15, 0.2) is 0 Å². The molecule has 0 unspecified atom stereocenters. The number of rotatable bonds is 10. The highest BCUT2D eigenvalue weighted by Crippen LogP contribution is 2.32. The van der Waals surface area contributed by atoms with Crippen molar-refractivity contribution in [2.75, 3.05) is 17.2 Å². The van der Waals surface area contributed by atoms with Crippen LogP contribution in [0.15, 0.2) is 24.5 Å². The standard InChI is InChI=1S/C24H33N5O2/c1-2-3-12-25-24-27-15-20(23(29-24)28-18-7-9-19(30)10-8-18)21-11-4-16(14-26-21)13-22(31)17-5-6-17/h4,11,14-15,17-19,30H,2-3,5-10,12-13H2,1H3,(H2,25,27,28,29). The van der Waals surface area contributed by atoms with Crippen molar-refractivity contribution in [1.82, 2.24) is 15.0 Å². The van der Waals surface area contributed by atoms with Gasteiger partial charge in [-0.2, -0.15) is 4.98 Å². The van der Waals surface area contributed by atoms with Crippen LogP contribution < -0.4 is 10.6 Å². The van der Waals surface area contributed by atoms with Gasteiger partial charge in [-0.1, -0.05) is 19.4 Å². The summed E-state index contributed by atoms with van der Waals surface area (Å²) in [5, 5.41) is 16.7. The molecular weight excluding hydrogens is 390 g/mol. The van der Waals surface area contributed by atoms with E-state index in [1.165, 1.54) is 0 Å². The molecule has 2 saturated carbocycles. The Balaban J connectivity index is 1.52. The molecule has 0 amide bonds. The molecule has 3 N–H and O–H groups in total. The number of pyridine rings is 1. The van der Waals surface area contributed by atoms with Gasteiger partial charge in [-0.15, -0.1) is 0 Å². The van der Waals surface area contributed by atoms with Crippen molar-refractivity contribution in [3.05, 3.63) is 30.1 Å². The zero-order valence-corrected chi connectivity index (χ0v) is 18.3. The quantitative estimate of drug-likeness (QED) is 0.497. The number of aliphatic hydroxyl groups excluding tert-OH is 1. The number of anilines is 2. The topological polar surface area (TPSA) is 100 Å². The number of aromatic nitrogens is 3. The second-order valence-electron chi connectivity index (χ2n) is 8.86. The number of unbranched alkanes of at least 4 members (excludes halogenated alkanes) is 1. The Morgan fingerprint density at radius 1 is 1.10 bits per heavy atom. The summed E-state index contributed by atoms with van der Waals surface area (Å²) in [5.74, 6) is 1.97. The predicted molar refractivity (Wildman–Crippen MR) is 122 cm³/mol. The molecule has 0 atom stereocenters. The van der Waals surface area contributed by atoms with E-state index in [0.29, 0.717) is 18.2 Å². The molecule has 4 rings (SSSR count). The Kier molecular flexibility index (Phi) is 7.12. The lowest BCUT2D eigenvalue weighted by atomic mass is 9.93. The first-order valence-corrected chi connectivity index (χ1v) is 11.7.